The molecule has 3 atom stereocenters. The molecule has 0 aromatic carbocycles. The molecule has 0 amide bonds. The van der Waals surface area contributed by atoms with Crippen LogP contribution in [-0.2, 0) is 0 Å². The fraction of sp³-hybridized carbons (Fsp3) is 0.846. The Morgan fingerprint density at radius 2 is 2.05 bits per heavy atom. The lowest BCUT2D eigenvalue weighted by molar-refractivity contribution is 0.159. The van der Waals surface area contributed by atoms with E-state index in [9.17, 15) is 0 Å². The SMILES string of the molecule is C(CC1CC1)Oc1nsnc1OC1C2CC[C@H]1NC2. The molecule has 1 aliphatic heterocycles. The molecule has 2 saturated carbocycles. The number of nitrogens with zero attached hydrogens (tertiary/aromatic N) is 2. The second-order valence-corrected chi connectivity index (χ2v) is 6.42. The van der Waals surface area contributed by atoms with E-state index in [-0.39, 0.29) is 6.10 Å². The minimum absolute atomic E-state index is 0.259. The maximum Gasteiger partial charge on any atom is 0.291 e. The Bertz CT molecular complexity index is 429. The smallest absolute Gasteiger partial charge is 0.291 e. The summed E-state index contributed by atoms with van der Waals surface area (Å²) in [5.41, 5.74) is 0. The van der Waals surface area contributed by atoms with E-state index in [1.54, 1.807) is 0 Å². The highest BCUT2D eigenvalue weighted by atomic mass is 32.1. The maximum atomic E-state index is 6.06. The molecule has 1 saturated heterocycles. The normalized spacial score (nSPS) is 32.7. The molecule has 6 heteroatoms. The van der Waals surface area contributed by atoms with Crippen LogP contribution in [0.1, 0.15) is 32.1 Å². The predicted molar refractivity (Wildman–Crippen MR) is 71.7 cm³/mol. The molecule has 1 N–H and O–H groups in total. The zero-order chi connectivity index (χ0) is 12.7. The van der Waals surface area contributed by atoms with Crippen molar-refractivity contribution in [3.8, 4) is 11.8 Å². The van der Waals surface area contributed by atoms with E-state index in [2.05, 4.69) is 14.1 Å². The van der Waals surface area contributed by atoms with Crippen molar-refractivity contribution in [2.45, 2.75) is 44.2 Å². The van der Waals surface area contributed by atoms with Gasteiger partial charge in [-0.05, 0) is 25.2 Å². The first-order valence-corrected chi connectivity index (χ1v) is 7.98. The van der Waals surface area contributed by atoms with Gasteiger partial charge in [0.15, 0.2) is 0 Å². The third-order valence-corrected chi connectivity index (χ3v) is 4.99. The van der Waals surface area contributed by atoms with Crippen molar-refractivity contribution in [3.05, 3.63) is 0 Å². The van der Waals surface area contributed by atoms with Gasteiger partial charge >= 0.3 is 0 Å². The summed E-state index contributed by atoms with van der Waals surface area (Å²) in [5, 5.41) is 3.49. The van der Waals surface area contributed by atoms with Crippen molar-refractivity contribution in [1.29, 1.82) is 0 Å². The van der Waals surface area contributed by atoms with Crippen LogP contribution in [0.3, 0.4) is 0 Å². The third kappa shape index (κ3) is 2.43. The van der Waals surface area contributed by atoms with Crippen molar-refractivity contribution >= 4 is 11.7 Å². The lowest BCUT2D eigenvalue weighted by Gasteiger charge is -2.16. The molecule has 2 bridgehead atoms. The van der Waals surface area contributed by atoms with E-state index in [1.165, 1.54) is 37.4 Å². The van der Waals surface area contributed by atoms with E-state index in [0.717, 1.165) is 25.5 Å². The Balaban J connectivity index is 1.36. The van der Waals surface area contributed by atoms with E-state index in [4.69, 9.17) is 9.47 Å². The monoisotopic (exact) mass is 281 g/mol. The Hall–Kier alpha value is -0.880. The summed E-state index contributed by atoms with van der Waals surface area (Å²) in [5.74, 6) is 2.71. The standard InChI is InChI=1S/C13H19N3O2S/c1-2-8(1)5-6-17-12-13(16-19-15-12)18-11-9-3-4-10(11)14-7-9/h8-11,14H,1-7H2/t9?,10-,11?/m1/s1. The number of nitrogens with one attached hydrogen (secondary N) is 1. The molecule has 0 spiro atoms. The highest BCUT2D eigenvalue weighted by molar-refractivity contribution is 6.99. The van der Waals surface area contributed by atoms with Crippen LogP contribution in [0, 0.1) is 11.8 Å². The van der Waals surface area contributed by atoms with E-state index in [0.29, 0.717) is 23.7 Å². The topological polar surface area (TPSA) is 56.3 Å². The first-order chi connectivity index (χ1) is 9.40. The average molecular weight is 281 g/mol. The molecule has 5 nitrogen and oxygen atoms in total. The lowest BCUT2D eigenvalue weighted by Crippen LogP contribution is -2.31. The molecule has 2 unspecified atom stereocenters. The lowest BCUT2D eigenvalue weighted by atomic mass is 10.1. The number of rotatable bonds is 6. The molecule has 4 rings (SSSR count). The van der Waals surface area contributed by atoms with Gasteiger partial charge < -0.3 is 14.8 Å². The molecular formula is C13H19N3O2S. The number of hydrogen-bond donors (Lipinski definition) is 1. The number of piperidine rings is 1. The quantitative estimate of drug-likeness (QED) is 0.862. The van der Waals surface area contributed by atoms with Crippen LogP contribution >= 0.6 is 11.7 Å². The summed E-state index contributed by atoms with van der Waals surface area (Å²) in [6.07, 6.45) is 6.59. The first kappa shape index (κ1) is 11.9. The molecule has 104 valence electrons. The van der Waals surface area contributed by atoms with Gasteiger partial charge in [0.2, 0.25) is 0 Å². The molecular weight excluding hydrogens is 262 g/mol. The van der Waals surface area contributed by atoms with Crippen LogP contribution in [0.5, 0.6) is 11.8 Å². The second kappa shape index (κ2) is 4.90. The molecule has 1 aromatic heterocycles. The average Bonchev–Trinajstić information content (AvgIpc) is 2.88. The highest BCUT2D eigenvalue weighted by Crippen LogP contribution is 2.37. The summed E-state index contributed by atoms with van der Waals surface area (Å²) < 4.78 is 20.2. The summed E-state index contributed by atoms with van der Waals surface area (Å²) >= 11 is 1.18. The van der Waals surface area contributed by atoms with Gasteiger partial charge in [0.25, 0.3) is 11.8 Å². The molecule has 2 aliphatic carbocycles. The Morgan fingerprint density at radius 3 is 2.74 bits per heavy atom. The molecule has 19 heavy (non-hydrogen) atoms. The number of ether oxygens (including phenoxy) is 2. The fourth-order valence-electron chi connectivity index (χ4n) is 3.16. The molecule has 2 heterocycles. The van der Waals surface area contributed by atoms with Crippen LogP contribution in [0.25, 0.3) is 0 Å². The van der Waals surface area contributed by atoms with Crippen LogP contribution in [0.15, 0.2) is 0 Å². The summed E-state index contributed by atoms with van der Waals surface area (Å²) in [4.78, 5) is 0. The van der Waals surface area contributed by atoms with Crippen molar-refractivity contribution in [2.75, 3.05) is 13.2 Å². The number of aromatic nitrogens is 2. The van der Waals surface area contributed by atoms with Gasteiger partial charge in [-0.3, -0.25) is 0 Å². The number of hydrogen-bond acceptors (Lipinski definition) is 6. The van der Waals surface area contributed by atoms with Crippen LogP contribution in [0.2, 0.25) is 0 Å². The molecule has 3 aliphatic rings. The Kier molecular flexibility index (Phi) is 3.07. The minimum Gasteiger partial charge on any atom is -0.473 e. The predicted octanol–water partition coefficient (Wildman–Crippen LogP) is 1.85. The van der Waals surface area contributed by atoms with Gasteiger partial charge in [-0.25, -0.2) is 0 Å². The largest absolute Gasteiger partial charge is 0.473 e. The second-order valence-electron chi connectivity index (χ2n) is 5.89. The van der Waals surface area contributed by atoms with E-state index < -0.39 is 0 Å². The minimum atomic E-state index is 0.259. The zero-order valence-corrected chi connectivity index (χ0v) is 11.7. The Labute approximate surface area is 117 Å². The Morgan fingerprint density at radius 1 is 1.16 bits per heavy atom. The molecule has 0 radical (unpaired) electrons. The van der Waals surface area contributed by atoms with Gasteiger partial charge in [0, 0.05) is 18.5 Å². The van der Waals surface area contributed by atoms with Gasteiger partial charge in [0.05, 0.1) is 18.3 Å². The maximum absolute atomic E-state index is 6.06. The van der Waals surface area contributed by atoms with Crippen molar-refractivity contribution in [2.24, 2.45) is 11.8 Å². The zero-order valence-electron chi connectivity index (χ0n) is 10.9. The van der Waals surface area contributed by atoms with Gasteiger partial charge in [-0.2, -0.15) is 0 Å². The van der Waals surface area contributed by atoms with Gasteiger partial charge in [0.1, 0.15) is 6.10 Å². The van der Waals surface area contributed by atoms with Gasteiger partial charge in [-0.1, -0.05) is 12.8 Å². The van der Waals surface area contributed by atoms with Crippen molar-refractivity contribution < 1.29 is 9.47 Å². The van der Waals surface area contributed by atoms with Crippen LogP contribution in [0.4, 0.5) is 0 Å². The van der Waals surface area contributed by atoms with E-state index >= 15 is 0 Å². The van der Waals surface area contributed by atoms with E-state index in [1.807, 2.05) is 0 Å². The molecule has 1 aromatic rings. The van der Waals surface area contributed by atoms with Crippen molar-refractivity contribution in [1.82, 2.24) is 14.1 Å². The summed E-state index contributed by atoms with van der Waals surface area (Å²) in [7, 11) is 0. The van der Waals surface area contributed by atoms with Crippen molar-refractivity contribution in [3.63, 3.8) is 0 Å². The fourth-order valence-corrected chi connectivity index (χ4v) is 3.60. The van der Waals surface area contributed by atoms with Gasteiger partial charge in [-0.15, -0.1) is 8.75 Å². The number of fused-ring (bicyclic) bond motifs is 2. The summed E-state index contributed by atoms with van der Waals surface area (Å²) in [6, 6.07) is 0.492. The summed E-state index contributed by atoms with van der Waals surface area (Å²) in [6.45, 7) is 1.81. The molecule has 3 fully saturated rings. The van der Waals surface area contributed by atoms with Crippen LogP contribution < -0.4 is 14.8 Å². The first-order valence-electron chi connectivity index (χ1n) is 7.25. The third-order valence-electron chi connectivity index (χ3n) is 4.49. The van der Waals surface area contributed by atoms with Crippen LogP contribution in [-0.4, -0.2) is 34.0 Å². The highest BCUT2D eigenvalue weighted by Gasteiger charge is 2.44.